The van der Waals surface area contributed by atoms with E-state index in [-0.39, 0.29) is 11.9 Å². The largest absolute Gasteiger partial charge is 0.378 e. The highest BCUT2D eigenvalue weighted by molar-refractivity contribution is 5.81. The van der Waals surface area contributed by atoms with E-state index >= 15 is 0 Å². The second kappa shape index (κ2) is 7.95. The number of nitrogens with one attached hydrogen (secondary N) is 2. The van der Waals surface area contributed by atoms with Gasteiger partial charge < -0.3 is 15.4 Å². The third-order valence-corrected chi connectivity index (χ3v) is 3.55. The van der Waals surface area contributed by atoms with Gasteiger partial charge in [0.15, 0.2) is 0 Å². The van der Waals surface area contributed by atoms with E-state index in [1.54, 1.807) is 7.05 Å². The van der Waals surface area contributed by atoms with Crippen molar-refractivity contribution in [2.24, 2.45) is 0 Å². The lowest BCUT2D eigenvalue weighted by Gasteiger charge is -2.34. The summed E-state index contributed by atoms with van der Waals surface area (Å²) in [6, 6.07) is 3.82. The minimum Gasteiger partial charge on any atom is -0.378 e. The Bertz CT molecular complexity index is 467. The monoisotopic (exact) mass is 292 g/mol. The molecule has 116 valence electrons. The fraction of sp³-hybridized carbons (Fsp3) is 0.600. The standard InChI is InChI=1S/C15H24N4O2/c1-3-5-17-14-9-12(4-6-18-14)10-19-7-8-21-11-13(19)15(20)16-2/h4,6,9,13H,3,5,7-8,10-11H2,1-2H3,(H,16,20)(H,17,18). The first-order chi connectivity index (χ1) is 10.2. The van der Waals surface area contributed by atoms with Crippen LogP contribution < -0.4 is 10.6 Å². The molecule has 1 saturated heterocycles. The van der Waals surface area contributed by atoms with Crippen LogP contribution in [0.3, 0.4) is 0 Å². The first-order valence-electron chi connectivity index (χ1n) is 7.46. The number of pyridine rings is 1. The number of carbonyl (C=O) groups excluding carboxylic acids is 1. The quantitative estimate of drug-likeness (QED) is 0.814. The second-order valence-corrected chi connectivity index (χ2v) is 5.15. The highest BCUT2D eigenvalue weighted by atomic mass is 16.5. The van der Waals surface area contributed by atoms with Gasteiger partial charge in [0.05, 0.1) is 13.2 Å². The molecule has 0 saturated carbocycles. The Hall–Kier alpha value is -1.66. The molecule has 1 aliphatic rings. The number of amides is 1. The number of anilines is 1. The Labute approximate surface area is 125 Å². The van der Waals surface area contributed by atoms with Crippen LogP contribution in [0.25, 0.3) is 0 Å². The fourth-order valence-corrected chi connectivity index (χ4v) is 2.39. The van der Waals surface area contributed by atoms with Crippen molar-refractivity contribution in [2.75, 3.05) is 38.7 Å². The molecule has 1 atom stereocenters. The lowest BCUT2D eigenvalue weighted by atomic mass is 10.1. The number of carbonyl (C=O) groups is 1. The van der Waals surface area contributed by atoms with Crippen LogP contribution in [0, 0.1) is 0 Å². The highest BCUT2D eigenvalue weighted by Gasteiger charge is 2.28. The molecular weight excluding hydrogens is 268 g/mol. The topological polar surface area (TPSA) is 66.5 Å². The number of morpholine rings is 1. The van der Waals surface area contributed by atoms with Crippen molar-refractivity contribution in [1.29, 1.82) is 0 Å². The average Bonchev–Trinajstić information content (AvgIpc) is 2.53. The molecule has 1 aromatic heterocycles. The molecule has 1 fully saturated rings. The maximum absolute atomic E-state index is 11.9. The van der Waals surface area contributed by atoms with Gasteiger partial charge in [-0.05, 0) is 24.1 Å². The van der Waals surface area contributed by atoms with Crippen LogP contribution in [-0.4, -0.2) is 55.2 Å². The number of aromatic nitrogens is 1. The highest BCUT2D eigenvalue weighted by Crippen LogP contribution is 2.14. The SMILES string of the molecule is CCCNc1cc(CN2CCOCC2C(=O)NC)ccn1. The normalized spacial score (nSPS) is 19.2. The summed E-state index contributed by atoms with van der Waals surface area (Å²) < 4.78 is 5.42. The smallest absolute Gasteiger partial charge is 0.239 e. The molecule has 0 spiro atoms. The fourth-order valence-electron chi connectivity index (χ4n) is 2.39. The Morgan fingerprint density at radius 3 is 3.19 bits per heavy atom. The van der Waals surface area contributed by atoms with Gasteiger partial charge in [-0.25, -0.2) is 4.98 Å². The second-order valence-electron chi connectivity index (χ2n) is 5.15. The molecule has 1 aromatic rings. The zero-order valence-electron chi connectivity index (χ0n) is 12.8. The Kier molecular flexibility index (Phi) is 5.95. The number of ether oxygens (including phenoxy) is 1. The minimum atomic E-state index is -0.219. The van der Waals surface area contributed by atoms with E-state index in [0.717, 1.165) is 37.4 Å². The van der Waals surface area contributed by atoms with E-state index in [0.29, 0.717) is 13.2 Å². The number of hydrogen-bond donors (Lipinski definition) is 2. The molecule has 1 aliphatic heterocycles. The molecular formula is C15H24N4O2. The van der Waals surface area contributed by atoms with Crippen molar-refractivity contribution in [3.8, 4) is 0 Å². The third kappa shape index (κ3) is 4.41. The van der Waals surface area contributed by atoms with Crippen molar-refractivity contribution in [3.63, 3.8) is 0 Å². The summed E-state index contributed by atoms with van der Waals surface area (Å²) in [4.78, 5) is 18.4. The lowest BCUT2D eigenvalue weighted by Crippen LogP contribution is -2.52. The van der Waals surface area contributed by atoms with Crippen LogP contribution in [0.5, 0.6) is 0 Å². The molecule has 1 unspecified atom stereocenters. The Balaban J connectivity index is 2.03. The van der Waals surface area contributed by atoms with E-state index in [1.807, 2.05) is 18.3 Å². The van der Waals surface area contributed by atoms with E-state index < -0.39 is 0 Å². The van der Waals surface area contributed by atoms with Crippen molar-refractivity contribution < 1.29 is 9.53 Å². The molecule has 0 aliphatic carbocycles. The van der Waals surface area contributed by atoms with Crippen LogP contribution in [0.4, 0.5) is 5.82 Å². The summed E-state index contributed by atoms with van der Waals surface area (Å²) in [6.45, 7) is 5.64. The van der Waals surface area contributed by atoms with Gasteiger partial charge in [-0.3, -0.25) is 9.69 Å². The first-order valence-corrected chi connectivity index (χ1v) is 7.46. The summed E-state index contributed by atoms with van der Waals surface area (Å²) in [5.74, 6) is 0.896. The van der Waals surface area contributed by atoms with Gasteiger partial charge in [-0.15, -0.1) is 0 Å². The summed E-state index contributed by atoms with van der Waals surface area (Å²) in [6.07, 6.45) is 2.87. The number of likely N-dealkylation sites (N-methyl/N-ethyl adjacent to an activating group) is 1. The zero-order chi connectivity index (χ0) is 15.1. The van der Waals surface area contributed by atoms with Gasteiger partial charge in [0.25, 0.3) is 0 Å². The molecule has 2 N–H and O–H groups in total. The average molecular weight is 292 g/mol. The zero-order valence-corrected chi connectivity index (χ0v) is 12.8. The maximum Gasteiger partial charge on any atom is 0.239 e. The van der Waals surface area contributed by atoms with Crippen molar-refractivity contribution in [3.05, 3.63) is 23.9 Å². The molecule has 1 amide bonds. The van der Waals surface area contributed by atoms with Crippen molar-refractivity contribution in [1.82, 2.24) is 15.2 Å². The van der Waals surface area contributed by atoms with Crippen molar-refractivity contribution >= 4 is 11.7 Å². The molecule has 0 radical (unpaired) electrons. The van der Waals surface area contributed by atoms with Crippen molar-refractivity contribution in [2.45, 2.75) is 25.9 Å². The van der Waals surface area contributed by atoms with E-state index in [1.165, 1.54) is 0 Å². The first kappa shape index (κ1) is 15.7. The van der Waals surface area contributed by atoms with E-state index in [9.17, 15) is 4.79 Å². The van der Waals surface area contributed by atoms with Gasteiger partial charge in [-0.1, -0.05) is 6.92 Å². The minimum absolute atomic E-state index is 0.00749. The van der Waals surface area contributed by atoms with Crippen LogP contribution in [0.2, 0.25) is 0 Å². The lowest BCUT2D eigenvalue weighted by molar-refractivity contribution is -0.132. The predicted molar refractivity (Wildman–Crippen MR) is 82.1 cm³/mol. The van der Waals surface area contributed by atoms with Gasteiger partial charge >= 0.3 is 0 Å². The summed E-state index contributed by atoms with van der Waals surface area (Å²) in [5, 5.41) is 5.99. The van der Waals surface area contributed by atoms with E-state index in [2.05, 4.69) is 27.4 Å². The molecule has 21 heavy (non-hydrogen) atoms. The van der Waals surface area contributed by atoms with Crippen LogP contribution >= 0.6 is 0 Å². The molecule has 6 heteroatoms. The maximum atomic E-state index is 11.9. The predicted octanol–water partition coefficient (Wildman–Crippen LogP) is 0.850. The summed E-state index contributed by atoms with van der Waals surface area (Å²) >= 11 is 0. The van der Waals surface area contributed by atoms with Crippen LogP contribution in [-0.2, 0) is 16.1 Å². The Morgan fingerprint density at radius 1 is 1.57 bits per heavy atom. The number of rotatable bonds is 6. The summed E-state index contributed by atoms with van der Waals surface area (Å²) in [5.41, 5.74) is 1.15. The summed E-state index contributed by atoms with van der Waals surface area (Å²) in [7, 11) is 1.66. The third-order valence-electron chi connectivity index (χ3n) is 3.55. The van der Waals surface area contributed by atoms with Crippen LogP contribution in [0.1, 0.15) is 18.9 Å². The molecule has 2 rings (SSSR count). The Morgan fingerprint density at radius 2 is 2.43 bits per heavy atom. The van der Waals surface area contributed by atoms with Gasteiger partial charge in [0, 0.05) is 32.9 Å². The van der Waals surface area contributed by atoms with E-state index in [4.69, 9.17) is 4.74 Å². The van der Waals surface area contributed by atoms with Gasteiger partial charge in [0.2, 0.25) is 5.91 Å². The number of nitrogens with zero attached hydrogens (tertiary/aromatic N) is 2. The molecule has 2 heterocycles. The molecule has 0 bridgehead atoms. The molecule has 6 nitrogen and oxygen atoms in total. The van der Waals surface area contributed by atoms with Gasteiger partial charge in [0.1, 0.15) is 11.9 Å². The van der Waals surface area contributed by atoms with Gasteiger partial charge in [-0.2, -0.15) is 0 Å². The van der Waals surface area contributed by atoms with Crippen LogP contribution in [0.15, 0.2) is 18.3 Å². The number of hydrogen-bond acceptors (Lipinski definition) is 5. The molecule has 0 aromatic carbocycles.